The lowest BCUT2D eigenvalue weighted by molar-refractivity contribution is -0.384. The van der Waals surface area contributed by atoms with Crippen molar-refractivity contribution in [2.24, 2.45) is 0 Å². The molecule has 1 heterocycles. The predicted molar refractivity (Wildman–Crippen MR) is 137 cm³/mol. The van der Waals surface area contributed by atoms with Crippen LogP contribution in [-0.4, -0.2) is 22.3 Å². The highest BCUT2D eigenvalue weighted by Gasteiger charge is 2.33. The molecule has 7 nitrogen and oxygen atoms in total. The van der Waals surface area contributed by atoms with Crippen molar-refractivity contribution < 1.29 is 23.6 Å². The Kier molecular flexibility index (Phi) is 7.34. The van der Waals surface area contributed by atoms with Crippen LogP contribution >= 0.6 is 35.6 Å². The number of anilines is 1. The number of benzene rings is 3. The van der Waals surface area contributed by atoms with Crippen LogP contribution in [0.4, 0.5) is 15.8 Å². The van der Waals surface area contributed by atoms with E-state index < -0.39 is 10.7 Å². The first-order chi connectivity index (χ1) is 16.8. The average Bonchev–Trinajstić information content (AvgIpc) is 3.11. The fraction of sp³-hybridized carbons (Fsp3) is 0.0833. The summed E-state index contributed by atoms with van der Waals surface area (Å²) in [6.07, 6.45) is 1.66. The second-order valence-corrected chi connectivity index (χ2v) is 9.27. The lowest BCUT2D eigenvalue weighted by Crippen LogP contribution is -2.27. The van der Waals surface area contributed by atoms with Crippen LogP contribution in [-0.2, 0) is 11.4 Å². The maximum atomic E-state index is 14.0. The molecular formula is C24H16ClFN2O5S2. The van der Waals surface area contributed by atoms with Crippen molar-refractivity contribution in [3.63, 3.8) is 0 Å². The number of nitro groups is 1. The summed E-state index contributed by atoms with van der Waals surface area (Å²) < 4.78 is 25.5. The normalized spacial score (nSPS) is 14.5. The molecule has 0 unspecified atom stereocenters. The van der Waals surface area contributed by atoms with E-state index in [4.69, 9.17) is 33.3 Å². The Hall–Kier alpha value is -3.47. The minimum atomic E-state index is -0.514. The van der Waals surface area contributed by atoms with Crippen molar-refractivity contribution in [2.75, 3.05) is 12.0 Å². The van der Waals surface area contributed by atoms with Crippen LogP contribution in [0.1, 0.15) is 11.1 Å². The summed E-state index contributed by atoms with van der Waals surface area (Å²) in [5.41, 5.74) is 1.24. The van der Waals surface area contributed by atoms with Gasteiger partial charge in [-0.25, -0.2) is 4.39 Å². The third-order valence-electron chi connectivity index (χ3n) is 5.03. The molecule has 11 heteroatoms. The Morgan fingerprint density at radius 2 is 1.91 bits per heavy atom. The first-order valence-electron chi connectivity index (χ1n) is 10.0. The topological polar surface area (TPSA) is 81.9 Å². The third-order valence-corrected chi connectivity index (χ3v) is 6.69. The molecule has 0 radical (unpaired) electrons. The van der Waals surface area contributed by atoms with E-state index in [0.29, 0.717) is 32.0 Å². The average molecular weight is 531 g/mol. The van der Waals surface area contributed by atoms with E-state index in [-0.39, 0.29) is 28.8 Å². The molecule has 3 aromatic carbocycles. The lowest BCUT2D eigenvalue weighted by Gasteiger charge is -2.14. The first-order valence-corrected chi connectivity index (χ1v) is 11.6. The number of non-ortho nitro benzene ring substituents is 1. The molecule has 0 atom stereocenters. The van der Waals surface area contributed by atoms with Gasteiger partial charge < -0.3 is 9.47 Å². The van der Waals surface area contributed by atoms with Crippen LogP contribution in [0.3, 0.4) is 0 Å². The van der Waals surface area contributed by atoms with Crippen LogP contribution < -0.4 is 14.4 Å². The summed E-state index contributed by atoms with van der Waals surface area (Å²) in [6.45, 7) is -0.0882. The molecule has 0 aromatic heterocycles. The summed E-state index contributed by atoms with van der Waals surface area (Å²) in [7, 11) is 1.47. The van der Waals surface area contributed by atoms with Crippen LogP contribution in [0.15, 0.2) is 65.6 Å². The Morgan fingerprint density at radius 1 is 1.17 bits per heavy atom. The Bertz CT molecular complexity index is 1340. The Morgan fingerprint density at radius 3 is 2.57 bits per heavy atom. The summed E-state index contributed by atoms with van der Waals surface area (Å²) in [5, 5.41) is 11.1. The number of amides is 1. The van der Waals surface area contributed by atoms with Gasteiger partial charge in [-0.15, -0.1) is 0 Å². The van der Waals surface area contributed by atoms with Gasteiger partial charge in [0.25, 0.3) is 11.6 Å². The van der Waals surface area contributed by atoms with E-state index in [9.17, 15) is 19.3 Å². The van der Waals surface area contributed by atoms with Gasteiger partial charge >= 0.3 is 0 Å². The third kappa shape index (κ3) is 5.29. The number of halogens is 2. The van der Waals surface area contributed by atoms with Gasteiger partial charge in [-0.1, -0.05) is 47.7 Å². The predicted octanol–water partition coefficient (Wildman–Crippen LogP) is 6.38. The molecule has 0 N–H and O–H groups in total. The molecular weight excluding hydrogens is 515 g/mol. The molecule has 0 spiro atoms. The standard InChI is InChI=1S/C24H16ClFN2O5S2/c1-32-21-11-14(5-10-20(21)33-13-17-18(25)3-2-4-19(17)26)12-22-23(29)27(24(34)35-22)15-6-8-16(9-7-15)28(30)31/h2-12H,13H2,1H3/b22-12+. The summed E-state index contributed by atoms with van der Waals surface area (Å²) in [6, 6.07) is 15.0. The monoisotopic (exact) mass is 530 g/mol. The van der Waals surface area contributed by atoms with Gasteiger partial charge in [0, 0.05) is 17.7 Å². The van der Waals surface area contributed by atoms with Crippen LogP contribution in [0.25, 0.3) is 6.08 Å². The molecule has 4 rings (SSSR count). The Labute approximate surface area is 214 Å². The van der Waals surface area contributed by atoms with Crippen LogP contribution in [0.5, 0.6) is 11.5 Å². The highest BCUT2D eigenvalue weighted by Crippen LogP contribution is 2.38. The highest BCUT2D eigenvalue weighted by atomic mass is 35.5. The smallest absolute Gasteiger partial charge is 0.270 e. The Balaban J connectivity index is 1.53. The molecule has 178 valence electrons. The van der Waals surface area contributed by atoms with Crippen LogP contribution in [0, 0.1) is 15.9 Å². The number of nitro benzene ring substituents is 1. The second kappa shape index (κ2) is 10.4. The van der Waals surface area contributed by atoms with Crippen molar-refractivity contribution in [1.29, 1.82) is 0 Å². The van der Waals surface area contributed by atoms with Gasteiger partial charge in [0.05, 0.1) is 27.6 Å². The largest absolute Gasteiger partial charge is 0.493 e. The maximum Gasteiger partial charge on any atom is 0.270 e. The molecule has 1 amide bonds. The van der Waals surface area contributed by atoms with Gasteiger partial charge in [0.1, 0.15) is 12.4 Å². The molecule has 1 saturated heterocycles. The van der Waals surface area contributed by atoms with Gasteiger partial charge in [0.15, 0.2) is 15.8 Å². The molecule has 3 aromatic rings. The molecule has 1 fully saturated rings. The number of hydrogen-bond acceptors (Lipinski definition) is 7. The second-order valence-electron chi connectivity index (χ2n) is 7.19. The number of carbonyl (C=O) groups excluding carboxylic acids is 1. The molecule has 0 bridgehead atoms. The van der Waals surface area contributed by atoms with E-state index in [1.807, 2.05) is 0 Å². The van der Waals surface area contributed by atoms with Crippen molar-refractivity contribution in [3.05, 3.63) is 97.6 Å². The summed E-state index contributed by atoms with van der Waals surface area (Å²) in [5.74, 6) is -0.0510. The fourth-order valence-corrected chi connectivity index (χ4v) is 4.80. The minimum Gasteiger partial charge on any atom is -0.493 e. The van der Waals surface area contributed by atoms with E-state index in [0.717, 1.165) is 11.8 Å². The van der Waals surface area contributed by atoms with Crippen molar-refractivity contribution in [2.45, 2.75) is 6.61 Å². The molecule has 1 aliphatic heterocycles. The molecule has 1 aliphatic rings. The van der Waals surface area contributed by atoms with Crippen molar-refractivity contribution >= 4 is 63.3 Å². The zero-order valence-electron chi connectivity index (χ0n) is 18.1. The fourth-order valence-electron chi connectivity index (χ4n) is 3.28. The van der Waals surface area contributed by atoms with Gasteiger partial charge in [0.2, 0.25) is 0 Å². The number of ether oxygens (including phenoxy) is 2. The number of hydrogen-bond donors (Lipinski definition) is 0. The van der Waals surface area contributed by atoms with Crippen molar-refractivity contribution in [1.82, 2.24) is 0 Å². The van der Waals surface area contributed by atoms with Gasteiger partial charge in [-0.05, 0) is 48.0 Å². The van der Waals surface area contributed by atoms with E-state index in [1.165, 1.54) is 48.4 Å². The molecule has 0 saturated carbocycles. The summed E-state index contributed by atoms with van der Waals surface area (Å²) >= 11 is 12.5. The molecule has 35 heavy (non-hydrogen) atoms. The highest BCUT2D eigenvalue weighted by molar-refractivity contribution is 8.27. The van der Waals surface area contributed by atoms with Gasteiger partial charge in [-0.3, -0.25) is 19.8 Å². The SMILES string of the molecule is COc1cc(/C=C2/SC(=S)N(c3ccc([N+](=O)[O-])cc3)C2=O)ccc1OCc1c(F)cccc1Cl. The first kappa shape index (κ1) is 24.6. The summed E-state index contributed by atoms with van der Waals surface area (Å²) in [4.78, 5) is 25.1. The van der Waals surface area contributed by atoms with E-state index in [1.54, 1.807) is 30.3 Å². The number of methoxy groups -OCH3 is 1. The number of nitrogens with zero attached hydrogens (tertiary/aromatic N) is 2. The molecule has 0 aliphatic carbocycles. The zero-order valence-corrected chi connectivity index (χ0v) is 20.5. The minimum absolute atomic E-state index is 0.0820. The lowest BCUT2D eigenvalue weighted by atomic mass is 10.1. The number of thiocarbonyl (C=S) groups is 1. The van der Waals surface area contributed by atoms with E-state index >= 15 is 0 Å². The maximum absolute atomic E-state index is 14.0. The number of carbonyl (C=O) groups is 1. The number of rotatable bonds is 7. The van der Waals surface area contributed by atoms with E-state index in [2.05, 4.69) is 0 Å². The van der Waals surface area contributed by atoms with Gasteiger partial charge in [-0.2, -0.15) is 0 Å². The van der Waals surface area contributed by atoms with Crippen molar-refractivity contribution in [3.8, 4) is 11.5 Å². The quantitative estimate of drug-likeness (QED) is 0.152. The zero-order chi connectivity index (χ0) is 25.1. The van der Waals surface area contributed by atoms with Crippen LogP contribution in [0.2, 0.25) is 5.02 Å². The number of thioether (sulfide) groups is 1.